The molecular weight excluding hydrogens is 371 g/mol. The number of nitrogens with one attached hydrogen (secondary N) is 1. The summed E-state index contributed by atoms with van der Waals surface area (Å²) in [6.45, 7) is 5.18. The fourth-order valence-corrected chi connectivity index (χ4v) is 3.51. The van der Waals surface area contributed by atoms with Gasteiger partial charge in [0.1, 0.15) is 11.5 Å². The smallest absolute Gasteiger partial charge is 0.406 e. The molecule has 0 fully saturated rings. The van der Waals surface area contributed by atoms with Gasteiger partial charge in [-0.3, -0.25) is 4.79 Å². The van der Waals surface area contributed by atoms with Crippen molar-refractivity contribution in [3.8, 4) is 5.75 Å². The Morgan fingerprint density at radius 1 is 1.35 bits per heavy atom. The molecule has 0 aliphatic heterocycles. The number of aromatic nitrogens is 2. The molecule has 1 N–H and O–H groups in total. The second-order valence-corrected chi connectivity index (χ2v) is 6.68. The molecule has 138 valence electrons. The first-order valence-corrected chi connectivity index (χ1v) is 8.35. The number of anilines is 1. The van der Waals surface area contributed by atoms with Crippen LogP contribution >= 0.6 is 11.3 Å². The van der Waals surface area contributed by atoms with Gasteiger partial charge in [-0.05, 0) is 32.9 Å². The van der Waals surface area contributed by atoms with E-state index in [2.05, 4.69) is 20.2 Å². The van der Waals surface area contributed by atoms with Gasteiger partial charge in [-0.1, -0.05) is 16.5 Å². The van der Waals surface area contributed by atoms with Crippen LogP contribution in [0.25, 0.3) is 10.2 Å². The van der Waals surface area contributed by atoms with Crippen LogP contribution in [0.3, 0.4) is 0 Å². The number of carbonyl (C=O) groups is 1. The van der Waals surface area contributed by atoms with Crippen LogP contribution in [0, 0.1) is 13.8 Å². The third-order valence-electron chi connectivity index (χ3n) is 3.74. The Balaban J connectivity index is 1.79. The minimum Gasteiger partial charge on any atom is -0.406 e. The molecule has 0 unspecified atom stereocenters. The average molecular weight is 385 g/mol. The number of rotatable bonds is 4. The van der Waals surface area contributed by atoms with Crippen molar-refractivity contribution in [1.29, 1.82) is 0 Å². The van der Waals surface area contributed by atoms with Crippen molar-refractivity contribution in [1.82, 2.24) is 10.1 Å². The van der Waals surface area contributed by atoms with E-state index in [-0.39, 0.29) is 16.8 Å². The van der Waals surface area contributed by atoms with Crippen molar-refractivity contribution < 1.29 is 27.2 Å². The summed E-state index contributed by atoms with van der Waals surface area (Å²) in [6, 6.07) is 3.81. The molecule has 2 heterocycles. The lowest BCUT2D eigenvalue weighted by Gasteiger charge is -2.10. The summed E-state index contributed by atoms with van der Waals surface area (Å²) in [5.74, 6) is -0.610. The van der Waals surface area contributed by atoms with E-state index in [0.29, 0.717) is 27.2 Å². The topological polar surface area (TPSA) is 77.3 Å². The van der Waals surface area contributed by atoms with Crippen molar-refractivity contribution in [2.75, 3.05) is 5.32 Å². The molecule has 26 heavy (non-hydrogen) atoms. The number of thiazole rings is 1. The van der Waals surface area contributed by atoms with Crippen LogP contribution in [0.2, 0.25) is 0 Å². The van der Waals surface area contributed by atoms with Gasteiger partial charge in [0, 0.05) is 11.6 Å². The first-order valence-electron chi connectivity index (χ1n) is 7.54. The maximum atomic E-state index is 12.5. The van der Waals surface area contributed by atoms with Crippen LogP contribution in [0.15, 0.2) is 22.7 Å². The third kappa shape index (κ3) is 3.79. The first-order chi connectivity index (χ1) is 12.1. The molecule has 10 heteroatoms. The van der Waals surface area contributed by atoms with Crippen molar-refractivity contribution >= 4 is 32.6 Å². The molecule has 1 aromatic carbocycles. The van der Waals surface area contributed by atoms with Gasteiger partial charge in [-0.25, -0.2) is 4.98 Å². The molecule has 1 amide bonds. The average Bonchev–Trinajstić information content (AvgIpc) is 3.07. The molecule has 0 bridgehead atoms. The summed E-state index contributed by atoms with van der Waals surface area (Å²) < 4.78 is 46.3. The highest BCUT2D eigenvalue weighted by Gasteiger charge is 2.31. The molecule has 3 aromatic rings. The van der Waals surface area contributed by atoms with E-state index in [1.807, 2.05) is 0 Å². The highest BCUT2D eigenvalue weighted by atomic mass is 32.1. The molecule has 0 aliphatic carbocycles. The zero-order valence-corrected chi connectivity index (χ0v) is 14.8. The second-order valence-electron chi connectivity index (χ2n) is 5.65. The minimum absolute atomic E-state index is 0.285. The van der Waals surface area contributed by atoms with E-state index in [9.17, 15) is 18.0 Å². The number of carbonyl (C=O) groups excluding carboxylic acids is 1. The largest absolute Gasteiger partial charge is 0.573 e. The van der Waals surface area contributed by atoms with E-state index < -0.39 is 12.3 Å². The lowest BCUT2D eigenvalue weighted by Crippen LogP contribution is -2.19. The number of aryl methyl sites for hydroxylation is 2. The summed E-state index contributed by atoms with van der Waals surface area (Å²) in [5.41, 5.74) is 1.79. The number of benzene rings is 1. The fourth-order valence-electron chi connectivity index (χ4n) is 2.61. The number of fused-ring (bicyclic) bond motifs is 1. The summed E-state index contributed by atoms with van der Waals surface area (Å²) in [6.07, 6.45) is -4.76. The number of hydrogen-bond acceptors (Lipinski definition) is 6. The second kappa shape index (κ2) is 6.60. The van der Waals surface area contributed by atoms with Gasteiger partial charge in [-0.15, -0.1) is 13.2 Å². The molecule has 0 aliphatic rings. The molecule has 1 atom stereocenters. The van der Waals surface area contributed by atoms with Gasteiger partial charge >= 0.3 is 6.36 Å². The van der Waals surface area contributed by atoms with Gasteiger partial charge in [0.2, 0.25) is 5.91 Å². The van der Waals surface area contributed by atoms with Crippen molar-refractivity contribution in [3.05, 3.63) is 35.2 Å². The van der Waals surface area contributed by atoms with Crippen LogP contribution < -0.4 is 10.1 Å². The highest BCUT2D eigenvalue weighted by Crippen LogP contribution is 2.32. The number of amides is 1. The fraction of sp³-hybridized carbons (Fsp3) is 0.312. The Morgan fingerprint density at radius 3 is 2.69 bits per heavy atom. The summed E-state index contributed by atoms with van der Waals surface area (Å²) in [7, 11) is 0. The van der Waals surface area contributed by atoms with Crippen LogP contribution in [0.4, 0.5) is 18.3 Å². The molecular formula is C16H14F3N3O3S. The molecule has 0 saturated heterocycles. The molecule has 0 saturated carbocycles. The monoisotopic (exact) mass is 385 g/mol. The molecule has 6 nitrogen and oxygen atoms in total. The summed E-state index contributed by atoms with van der Waals surface area (Å²) in [4.78, 5) is 16.7. The molecule has 2 aromatic heterocycles. The maximum absolute atomic E-state index is 12.5. The Morgan fingerprint density at radius 2 is 2.08 bits per heavy atom. The standard InChI is InChI=1S/C16H14F3N3O3S/c1-7(13-8(2)22-25-9(13)3)14(23)21-15-20-11-5-4-10(6-12(11)26-15)24-16(17,18)19/h4-7H,1-3H3,(H,20,21,23)/t7-/m0/s1. The number of nitrogens with zero attached hydrogens (tertiary/aromatic N) is 2. The predicted octanol–water partition coefficient (Wildman–Crippen LogP) is 4.54. The Hall–Kier alpha value is -2.62. The highest BCUT2D eigenvalue weighted by molar-refractivity contribution is 7.22. The van der Waals surface area contributed by atoms with Crippen LogP contribution in [0.1, 0.15) is 29.9 Å². The quantitative estimate of drug-likeness (QED) is 0.713. The van der Waals surface area contributed by atoms with Gasteiger partial charge < -0.3 is 14.6 Å². The number of hydrogen-bond donors (Lipinski definition) is 1. The van der Waals surface area contributed by atoms with E-state index in [0.717, 1.165) is 11.3 Å². The molecule has 0 spiro atoms. The SMILES string of the molecule is Cc1noc(C)c1[C@H](C)C(=O)Nc1nc2ccc(OC(F)(F)F)cc2s1. The maximum Gasteiger partial charge on any atom is 0.573 e. The van der Waals surface area contributed by atoms with E-state index in [1.54, 1.807) is 20.8 Å². The number of alkyl halides is 3. The predicted molar refractivity (Wildman–Crippen MR) is 89.3 cm³/mol. The Bertz CT molecular complexity index is 945. The van der Waals surface area contributed by atoms with E-state index in [1.165, 1.54) is 18.2 Å². The van der Waals surface area contributed by atoms with Crippen molar-refractivity contribution in [2.45, 2.75) is 33.1 Å². The van der Waals surface area contributed by atoms with Crippen LogP contribution in [-0.2, 0) is 4.79 Å². The van der Waals surface area contributed by atoms with Crippen molar-refractivity contribution in [3.63, 3.8) is 0 Å². The van der Waals surface area contributed by atoms with Crippen LogP contribution in [-0.4, -0.2) is 22.4 Å². The lowest BCUT2D eigenvalue weighted by atomic mass is 9.99. The first kappa shape index (κ1) is 18.2. The number of halogens is 3. The molecule has 3 rings (SSSR count). The third-order valence-corrected chi connectivity index (χ3v) is 4.67. The molecule has 0 radical (unpaired) electrons. The van der Waals surface area contributed by atoms with Gasteiger partial charge in [0.05, 0.1) is 21.8 Å². The summed E-state index contributed by atoms with van der Waals surface area (Å²) in [5, 5.41) is 6.79. The normalized spacial score (nSPS) is 13.0. The Kier molecular flexibility index (Phi) is 4.61. The Labute approximate surface area is 150 Å². The lowest BCUT2D eigenvalue weighted by molar-refractivity contribution is -0.274. The van der Waals surface area contributed by atoms with Crippen molar-refractivity contribution in [2.24, 2.45) is 0 Å². The van der Waals surface area contributed by atoms with Gasteiger partial charge in [-0.2, -0.15) is 0 Å². The minimum atomic E-state index is -4.76. The number of ether oxygens (including phenoxy) is 1. The zero-order valence-electron chi connectivity index (χ0n) is 14.0. The van der Waals surface area contributed by atoms with Crippen LogP contribution in [0.5, 0.6) is 5.75 Å². The van der Waals surface area contributed by atoms with Gasteiger partial charge in [0.25, 0.3) is 0 Å². The van der Waals surface area contributed by atoms with E-state index in [4.69, 9.17) is 4.52 Å². The summed E-state index contributed by atoms with van der Waals surface area (Å²) >= 11 is 1.06. The van der Waals surface area contributed by atoms with Gasteiger partial charge in [0.15, 0.2) is 5.13 Å². The zero-order chi connectivity index (χ0) is 19.1. The van der Waals surface area contributed by atoms with E-state index >= 15 is 0 Å².